The average molecular weight is 210 g/mol. The van der Waals surface area contributed by atoms with Gasteiger partial charge in [0.15, 0.2) is 0 Å². The number of rotatable bonds is 2. The normalized spacial score (nSPS) is 27.5. The van der Waals surface area contributed by atoms with E-state index in [2.05, 4.69) is 23.3 Å². The monoisotopic (exact) mass is 210 g/mol. The molecule has 0 aliphatic carbocycles. The lowest BCUT2D eigenvalue weighted by molar-refractivity contribution is -0.0695. The van der Waals surface area contributed by atoms with E-state index in [0.717, 1.165) is 13.1 Å². The molecule has 0 aromatic carbocycles. The van der Waals surface area contributed by atoms with Gasteiger partial charge in [0, 0.05) is 37.3 Å². The van der Waals surface area contributed by atoms with Gasteiger partial charge in [-0.2, -0.15) is 0 Å². The summed E-state index contributed by atoms with van der Waals surface area (Å²) in [5.41, 5.74) is 1.73. The Bertz CT molecular complexity index is 246. The molecule has 1 N–H and O–H groups in total. The van der Waals surface area contributed by atoms with Crippen LogP contribution in [0.15, 0.2) is 12.3 Å². The molecule has 0 bridgehead atoms. The maximum absolute atomic E-state index is 9.48. The van der Waals surface area contributed by atoms with Gasteiger partial charge in [-0.05, 0) is 26.7 Å². The maximum Gasteiger partial charge on any atom is 0.104 e. The third-order valence-corrected chi connectivity index (χ3v) is 3.98. The third kappa shape index (κ3) is 2.04. The minimum atomic E-state index is -0.278. The summed E-state index contributed by atoms with van der Waals surface area (Å²) < 4.78 is 0. The summed E-state index contributed by atoms with van der Waals surface area (Å²) in [6.07, 6.45) is 2.17. The SMILES string of the molecule is C=C(C)N1CC2(CCN(C(C)O)CC2)C1. The number of aliphatic hydroxyl groups is 1. The van der Waals surface area contributed by atoms with Crippen LogP contribution in [-0.2, 0) is 0 Å². The maximum atomic E-state index is 9.48. The first-order chi connectivity index (χ1) is 7.02. The molecule has 2 heterocycles. The standard InChI is InChI=1S/C12H22N2O/c1-10(2)14-8-12(9-14)4-6-13(7-5-12)11(3)15/h11,15H,1,4-9H2,2-3H3. The topological polar surface area (TPSA) is 26.7 Å². The summed E-state index contributed by atoms with van der Waals surface area (Å²) in [5, 5.41) is 9.48. The molecule has 0 amide bonds. The quantitative estimate of drug-likeness (QED) is 0.743. The highest BCUT2D eigenvalue weighted by molar-refractivity contribution is 5.05. The van der Waals surface area contributed by atoms with Crippen molar-refractivity contribution >= 4 is 0 Å². The van der Waals surface area contributed by atoms with Crippen LogP contribution in [0.1, 0.15) is 26.7 Å². The molecule has 1 unspecified atom stereocenters. The Hall–Kier alpha value is -0.540. The van der Waals surface area contributed by atoms with E-state index in [-0.39, 0.29) is 6.23 Å². The van der Waals surface area contributed by atoms with Crippen LogP contribution in [0.25, 0.3) is 0 Å². The van der Waals surface area contributed by atoms with Crippen LogP contribution >= 0.6 is 0 Å². The van der Waals surface area contributed by atoms with Crippen molar-refractivity contribution in [2.75, 3.05) is 26.2 Å². The van der Waals surface area contributed by atoms with E-state index in [1.54, 1.807) is 0 Å². The van der Waals surface area contributed by atoms with Crippen LogP contribution in [0.2, 0.25) is 0 Å². The molecule has 2 rings (SSSR count). The van der Waals surface area contributed by atoms with Crippen molar-refractivity contribution in [1.29, 1.82) is 0 Å². The Kier molecular flexibility index (Phi) is 2.77. The van der Waals surface area contributed by atoms with Gasteiger partial charge in [0.2, 0.25) is 0 Å². The molecule has 0 aromatic heterocycles. The van der Waals surface area contributed by atoms with Crippen LogP contribution in [0.5, 0.6) is 0 Å². The molecule has 3 heteroatoms. The number of hydrogen-bond acceptors (Lipinski definition) is 3. The predicted octanol–water partition coefficient (Wildman–Crippen LogP) is 1.26. The summed E-state index contributed by atoms with van der Waals surface area (Å²) in [6.45, 7) is 12.4. The highest BCUT2D eigenvalue weighted by atomic mass is 16.3. The third-order valence-electron chi connectivity index (χ3n) is 3.98. The van der Waals surface area contributed by atoms with Crippen molar-refractivity contribution in [3.63, 3.8) is 0 Å². The fraction of sp³-hybridized carbons (Fsp3) is 0.833. The lowest BCUT2D eigenvalue weighted by atomic mass is 9.72. The largest absolute Gasteiger partial charge is 0.379 e. The molecule has 1 atom stereocenters. The van der Waals surface area contributed by atoms with Gasteiger partial charge in [-0.15, -0.1) is 0 Å². The molecule has 0 aromatic rings. The summed E-state index contributed by atoms with van der Waals surface area (Å²) in [5.74, 6) is 0. The summed E-state index contributed by atoms with van der Waals surface area (Å²) in [7, 11) is 0. The lowest BCUT2D eigenvalue weighted by Gasteiger charge is -2.55. The molecule has 2 aliphatic rings. The molecule has 3 nitrogen and oxygen atoms in total. The van der Waals surface area contributed by atoms with E-state index in [1.807, 2.05) is 6.92 Å². The number of hydrogen-bond donors (Lipinski definition) is 1. The summed E-state index contributed by atoms with van der Waals surface area (Å²) in [6, 6.07) is 0. The van der Waals surface area contributed by atoms with Crippen LogP contribution in [0.3, 0.4) is 0 Å². The van der Waals surface area contributed by atoms with Crippen LogP contribution in [0, 0.1) is 5.41 Å². The van der Waals surface area contributed by atoms with Crippen molar-refractivity contribution < 1.29 is 5.11 Å². The van der Waals surface area contributed by atoms with E-state index >= 15 is 0 Å². The fourth-order valence-electron chi connectivity index (χ4n) is 2.72. The van der Waals surface area contributed by atoms with Gasteiger partial charge in [0.05, 0.1) is 0 Å². The number of piperidine rings is 1. The van der Waals surface area contributed by atoms with Gasteiger partial charge in [0.1, 0.15) is 6.23 Å². The van der Waals surface area contributed by atoms with E-state index in [1.165, 1.54) is 31.6 Å². The van der Waals surface area contributed by atoms with Crippen molar-refractivity contribution in [1.82, 2.24) is 9.80 Å². The van der Waals surface area contributed by atoms with Crippen LogP contribution in [0.4, 0.5) is 0 Å². The zero-order valence-electron chi connectivity index (χ0n) is 9.87. The van der Waals surface area contributed by atoms with Gasteiger partial charge in [-0.1, -0.05) is 6.58 Å². The number of nitrogens with zero attached hydrogens (tertiary/aromatic N) is 2. The first kappa shape index (κ1) is 11.0. The second-order valence-corrected chi connectivity index (χ2v) is 5.26. The molecule has 2 aliphatic heterocycles. The second kappa shape index (κ2) is 3.80. The molecule has 2 fully saturated rings. The van der Waals surface area contributed by atoms with E-state index in [0.29, 0.717) is 5.41 Å². The zero-order valence-corrected chi connectivity index (χ0v) is 9.87. The van der Waals surface area contributed by atoms with Gasteiger partial charge in [-0.3, -0.25) is 4.90 Å². The van der Waals surface area contributed by atoms with Crippen molar-refractivity contribution in [2.24, 2.45) is 5.41 Å². The minimum Gasteiger partial charge on any atom is -0.379 e. The molecular formula is C12H22N2O. The molecule has 1 spiro atoms. The summed E-state index contributed by atoms with van der Waals surface area (Å²) in [4.78, 5) is 4.52. The molecule has 2 saturated heterocycles. The molecule has 15 heavy (non-hydrogen) atoms. The van der Waals surface area contributed by atoms with Gasteiger partial charge >= 0.3 is 0 Å². The van der Waals surface area contributed by atoms with Crippen molar-refractivity contribution in [3.8, 4) is 0 Å². The Balaban J connectivity index is 1.83. The van der Waals surface area contributed by atoms with Gasteiger partial charge in [-0.25, -0.2) is 0 Å². The van der Waals surface area contributed by atoms with Gasteiger partial charge < -0.3 is 10.0 Å². The Morgan fingerprint density at radius 2 is 1.87 bits per heavy atom. The van der Waals surface area contributed by atoms with Crippen LogP contribution in [-0.4, -0.2) is 47.3 Å². The molecular weight excluding hydrogens is 188 g/mol. The van der Waals surface area contributed by atoms with Crippen molar-refractivity contribution in [2.45, 2.75) is 32.9 Å². The average Bonchev–Trinajstić information content (AvgIpc) is 2.13. The Labute approximate surface area is 92.4 Å². The molecule has 0 radical (unpaired) electrons. The first-order valence-corrected chi connectivity index (χ1v) is 5.85. The van der Waals surface area contributed by atoms with E-state index < -0.39 is 0 Å². The van der Waals surface area contributed by atoms with E-state index in [9.17, 15) is 5.11 Å². The smallest absolute Gasteiger partial charge is 0.104 e. The van der Waals surface area contributed by atoms with Crippen LogP contribution < -0.4 is 0 Å². The second-order valence-electron chi connectivity index (χ2n) is 5.26. The first-order valence-electron chi connectivity index (χ1n) is 5.85. The predicted molar refractivity (Wildman–Crippen MR) is 61.3 cm³/mol. The van der Waals surface area contributed by atoms with E-state index in [4.69, 9.17) is 0 Å². The zero-order chi connectivity index (χ0) is 11.1. The summed E-state index contributed by atoms with van der Waals surface area (Å²) >= 11 is 0. The van der Waals surface area contributed by atoms with Crippen molar-refractivity contribution in [3.05, 3.63) is 12.3 Å². The lowest BCUT2D eigenvalue weighted by Crippen LogP contribution is -2.60. The number of aliphatic hydroxyl groups excluding tert-OH is 1. The Morgan fingerprint density at radius 3 is 2.27 bits per heavy atom. The molecule has 86 valence electrons. The number of allylic oxidation sites excluding steroid dienone is 1. The molecule has 0 saturated carbocycles. The highest BCUT2D eigenvalue weighted by Crippen LogP contribution is 2.41. The minimum absolute atomic E-state index is 0.278. The van der Waals surface area contributed by atoms with Gasteiger partial charge in [0.25, 0.3) is 0 Å². The Morgan fingerprint density at radius 1 is 1.33 bits per heavy atom. The highest BCUT2D eigenvalue weighted by Gasteiger charge is 2.44. The fourth-order valence-corrected chi connectivity index (χ4v) is 2.72. The number of likely N-dealkylation sites (tertiary alicyclic amines) is 2.